The van der Waals surface area contributed by atoms with Crippen LogP contribution in [0.5, 0.6) is 5.75 Å². The van der Waals surface area contributed by atoms with Crippen LogP contribution in [-0.2, 0) is 4.74 Å². The molecule has 4 heteroatoms. The fraction of sp³-hybridized carbons (Fsp3) is 0.533. The lowest BCUT2D eigenvalue weighted by Gasteiger charge is -2.34. The number of morpholine rings is 1. The molecule has 1 aliphatic rings. The highest BCUT2D eigenvalue weighted by Crippen LogP contribution is 2.14. The van der Waals surface area contributed by atoms with Gasteiger partial charge < -0.3 is 9.47 Å². The summed E-state index contributed by atoms with van der Waals surface area (Å²) in [4.78, 5) is 2.41. The predicted molar refractivity (Wildman–Crippen MR) is 73.1 cm³/mol. The Kier molecular flexibility index (Phi) is 5.20. The van der Waals surface area contributed by atoms with Crippen LogP contribution in [0, 0.1) is 11.3 Å². The van der Waals surface area contributed by atoms with E-state index in [1.54, 1.807) is 12.1 Å². The van der Waals surface area contributed by atoms with Crippen molar-refractivity contribution < 1.29 is 9.47 Å². The normalized spacial score (nSPS) is 19.9. The highest BCUT2D eigenvalue weighted by molar-refractivity contribution is 5.36. The first kappa shape index (κ1) is 13.9. The van der Waals surface area contributed by atoms with Crippen LogP contribution < -0.4 is 4.74 Å². The van der Waals surface area contributed by atoms with E-state index in [1.165, 1.54) is 0 Å². The molecule has 1 unspecified atom stereocenters. The van der Waals surface area contributed by atoms with Crippen molar-refractivity contribution in [2.24, 2.45) is 0 Å². The lowest BCUT2D eigenvalue weighted by Crippen LogP contribution is -2.46. The molecule has 2 rings (SSSR count). The average molecular weight is 260 g/mol. The molecule has 0 bridgehead atoms. The molecule has 19 heavy (non-hydrogen) atoms. The van der Waals surface area contributed by atoms with Crippen LogP contribution >= 0.6 is 0 Å². The summed E-state index contributed by atoms with van der Waals surface area (Å²) < 4.78 is 11.2. The lowest BCUT2D eigenvalue weighted by atomic mass is 10.2. The summed E-state index contributed by atoms with van der Waals surface area (Å²) in [7, 11) is 0. The SMILES string of the molecule is CCC1COCCN1CCOc1cccc(C#N)c1. The zero-order valence-corrected chi connectivity index (χ0v) is 11.3. The van der Waals surface area contributed by atoms with E-state index in [0.29, 0.717) is 18.2 Å². The first-order chi connectivity index (χ1) is 9.33. The van der Waals surface area contributed by atoms with E-state index >= 15 is 0 Å². The minimum absolute atomic E-state index is 0.503. The van der Waals surface area contributed by atoms with Gasteiger partial charge in [-0.15, -0.1) is 0 Å². The van der Waals surface area contributed by atoms with Crippen LogP contribution in [0.25, 0.3) is 0 Å². The van der Waals surface area contributed by atoms with Crippen molar-refractivity contribution in [1.82, 2.24) is 4.90 Å². The molecule has 0 saturated carbocycles. The molecule has 4 nitrogen and oxygen atoms in total. The van der Waals surface area contributed by atoms with Crippen molar-refractivity contribution >= 4 is 0 Å². The molecule has 0 aromatic heterocycles. The third kappa shape index (κ3) is 3.95. The van der Waals surface area contributed by atoms with Gasteiger partial charge in [0.2, 0.25) is 0 Å². The van der Waals surface area contributed by atoms with Gasteiger partial charge in [-0.2, -0.15) is 5.26 Å². The van der Waals surface area contributed by atoms with Gasteiger partial charge in [0.25, 0.3) is 0 Å². The van der Waals surface area contributed by atoms with Gasteiger partial charge in [0, 0.05) is 19.1 Å². The van der Waals surface area contributed by atoms with E-state index in [-0.39, 0.29) is 0 Å². The second kappa shape index (κ2) is 7.13. The summed E-state index contributed by atoms with van der Waals surface area (Å²) in [6, 6.07) is 9.90. The minimum atomic E-state index is 0.503. The summed E-state index contributed by atoms with van der Waals surface area (Å²) in [6.45, 7) is 6.33. The highest BCUT2D eigenvalue weighted by Gasteiger charge is 2.20. The fourth-order valence-electron chi connectivity index (χ4n) is 2.30. The smallest absolute Gasteiger partial charge is 0.120 e. The van der Waals surface area contributed by atoms with Gasteiger partial charge in [-0.1, -0.05) is 13.0 Å². The number of nitriles is 1. The molecule has 0 spiro atoms. The van der Waals surface area contributed by atoms with E-state index in [4.69, 9.17) is 14.7 Å². The maximum atomic E-state index is 8.83. The Morgan fingerprint density at radius 2 is 2.42 bits per heavy atom. The summed E-state index contributed by atoms with van der Waals surface area (Å²) in [5, 5.41) is 8.83. The lowest BCUT2D eigenvalue weighted by molar-refractivity contribution is -0.0132. The number of nitrogens with zero attached hydrogens (tertiary/aromatic N) is 2. The van der Waals surface area contributed by atoms with Crippen molar-refractivity contribution in [3.63, 3.8) is 0 Å². The Hall–Kier alpha value is -1.57. The first-order valence-electron chi connectivity index (χ1n) is 6.78. The van der Waals surface area contributed by atoms with Crippen LogP contribution in [0.4, 0.5) is 0 Å². The molecule has 0 amide bonds. The standard InChI is InChI=1S/C15H20N2O2/c1-2-14-12-18-8-6-17(14)7-9-19-15-5-3-4-13(10-15)11-16/h3-5,10,14H,2,6-9,12H2,1H3. The van der Waals surface area contributed by atoms with Crippen molar-refractivity contribution in [2.75, 3.05) is 32.9 Å². The number of hydrogen-bond donors (Lipinski definition) is 0. The minimum Gasteiger partial charge on any atom is -0.492 e. The molecule has 1 fully saturated rings. The monoisotopic (exact) mass is 260 g/mol. The van der Waals surface area contributed by atoms with Crippen molar-refractivity contribution in [3.8, 4) is 11.8 Å². The third-order valence-corrected chi connectivity index (χ3v) is 3.43. The van der Waals surface area contributed by atoms with E-state index in [0.717, 1.165) is 38.5 Å². The van der Waals surface area contributed by atoms with E-state index in [2.05, 4.69) is 17.9 Å². The molecule has 102 valence electrons. The van der Waals surface area contributed by atoms with Crippen LogP contribution in [-0.4, -0.2) is 43.9 Å². The Balaban J connectivity index is 1.80. The number of rotatable bonds is 5. The number of benzene rings is 1. The van der Waals surface area contributed by atoms with E-state index in [1.807, 2.05) is 12.1 Å². The van der Waals surface area contributed by atoms with Crippen LogP contribution in [0.2, 0.25) is 0 Å². The molecule has 1 aliphatic heterocycles. The quantitative estimate of drug-likeness (QED) is 0.813. The van der Waals surface area contributed by atoms with Crippen LogP contribution in [0.15, 0.2) is 24.3 Å². The third-order valence-electron chi connectivity index (χ3n) is 3.43. The van der Waals surface area contributed by atoms with Gasteiger partial charge in [0.05, 0.1) is 24.8 Å². The molecule has 1 saturated heterocycles. The number of ether oxygens (including phenoxy) is 2. The molecular weight excluding hydrogens is 240 g/mol. The Labute approximate surface area is 114 Å². The van der Waals surface area contributed by atoms with Gasteiger partial charge in [-0.05, 0) is 24.6 Å². The molecule has 1 aromatic rings. The second-order valence-corrected chi connectivity index (χ2v) is 4.66. The molecule has 0 radical (unpaired) electrons. The van der Waals surface area contributed by atoms with Crippen molar-refractivity contribution in [3.05, 3.63) is 29.8 Å². The Bertz CT molecular complexity index is 442. The van der Waals surface area contributed by atoms with E-state index in [9.17, 15) is 0 Å². The highest BCUT2D eigenvalue weighted by atomic mass is 16.5. The van der Waals surface area contributed by atoms with Crippen molar-refractivity contribution in [2.45, 2.75) is 19.4 Å². The van der Waals surface area contributed by atoms with Crippen molar-refractivity contribution in [1.29, 1.82) is 5.26 Å². The summed E-state index contributed by atoms with van der Waals surface area (Å²) in [6.07, 6.45) is 1.10. The topological polar surface area (TPSA) is 45.5 Å². The van der Waals surface area contributed by atoms with E-state index < -0.39 is 0 Å². The summed E-state index contributed by atoms with van der Waals surface area (Å²) in [5.41, 5.74) is 0.635. The maximum Gasteiger partial charge on any atom is 0.120 e. The maximum absolute atomic E-state index is 8.83. The van der Waals surface area contributed by atoms with Crippen LogP contribution in [0.1, 0.15) is 18.9 Å². The Morgan fingerprint density at radius 1 is 1.53 bits per heavy atom. The Morgan fingerprint density at radius 3 is 3.21 bits per heavy atom. The average Bonchev–Trinajstić information content (AvgIpc) is 2.48. The summed E-state index contributed by atoms with van der Waals surface area (Å²) in [5.74, 6) is 0.764. The first-order valence-corrected chi connectivity index (χ1v) is 6.78. The molecule has 1 aromatic carbocycles. The van der Waals surface area contributed by atoms with Crippen LogP contribution in [0.3, 0.4) is 0 Å². The van der Waals surface area contributed by atoms with Gasteiger partial charge >= 0.3 is 0 Å². The van der Waals surface area contributed by atoms with Gasteiger partial charge in [0.15, 0.2) is 0 Å². The zero-order valence-electron chi connectivity index (χ0n) is 11.3. The molecular formula is C15H20N2O2. The molecule has 1 heterocycles. The zero-order chi connectivity index (χ0) is 13.5. The molecule has 0 N–H and O–H groups in total. The molecule has 0 aliphatic carbocycles. The molecule has 1 atom stereocenters. The fourth-order valence-corrected chi connectivity index (χ4v) is 2.30. The number of hydrogen-bond acceptors (Lipinski definition) is 4. The van der Waals surface area contributed by atoms with Gasteiger partial charge in [0.1, 0.15) is 12.4 Å². The summed E-state index contributed by atoms with van der Waals surface area (Å²) >= 11 is 0. The van der Waals surface area contributed by atoms with Gasteiger partial charge in [-0.3, -0.25) is 4.90 Å². The van der Waals surface area contributed by atoms with Gasteiger partial charge in [-0.25, -0.2) is 0 Å². The largest absolute Gasteiger partial charge is 0.492 e. The predicted octanol–water partition coefficient (Wildman–Crippen LogP) is 2.05. The second-order valence-electron chi connectivity index (χ2n) is 4.66.